The summed E-state index contributed by atoms with van der Waals surface area (Å²) in [7, 11) is 0. The van der Waals surface area contributed by atoms with Crippen LogP contribution in [0.15, 0.2) is 48.5 Å². The zero-order valence-corrected chi connectivity index (χ0v) is 11.6. The Labute approximate surface area is 118 Å². The molecule has 100 valence electrons. The van der Waals surface area contributed by atoms with Crippen molar-refractivity contribution in [1.82, 2.24) is 5.32 Å². The van der Waals surface area contributed by atoms with E-state index in [1.165, 1.54) is 11.6 Å². The number of hydrogen-bond acceptors (Lipinski definition) is 1. The van der Waals surface area contributed by atoms with Crippen LogP contribution in [0.5, 0.6) is 0 Å². The largest absolute Gasteiger partial charge is 0.310 e. The van der Waals surface area contributed by atoms with E-state index < -0.39 is 0 Å². The van der Waals surface area contributed by atoms with Crippen LogP contribution in [0.4, 0.5) is 4.39 Å². The molecule has 0 fully saturated rings. The second-order valence-corrected chi connectivity index (χ2v) is 5.14. The van der Waals surface area contributed by atoms with E-state index in [0.717, 1.165) is 6.42 Å². The van der Waals surface area contributed by atoms with Crippen molar-refractivity contribution in [2.75, 3.05) is 0 Å². The summed E-state index contributed by atoms with van der Waals surface area (Å²) in [5, 5.41) is 3.75. The molecule has 1 N–H and O–H groups in total. The summed E-state index contributed by atoms with van der Waals surface area (Å²) in [6.45, 7) is 2.61. The Morgan fingerprint density at radius 3 is 2.58 bits per heavy atom. The molecular weight excluding hydrogens is 261 g/mol. The van der Waals surface area contributed by atoms with Gasteiger partial charge in [0.1, 0.15) is 5.82 Å². The van der Waals surface area contributed by atoms with Crippen LogP contribution >= 0.6 is 11.6 Å². The standard InChI is InChI=1S/C16H17ClFN/c1-12(9-13-5-3-2-4-6-13)19-11-14-7-8-15(17)10-16(14)18/h2-8,10,12,19H,9,11H2,1H3. The zero-order chi connectivity index (χ0) is 13.7. The van der Waals surface area contributed by atoms with Crippen molar-refractivity contribution in [3.05, 3.63) is 70.5 Å². The summed E-state index contributed by atoms with van der Waals surface area (Å²) in [6.07, 6.45) is 0.927. The van der Waals surface area contributed by atoms with Gasteiger partial charge in [0.05, 0.1) is 0 Å². The van der Waals surface area contributed by atoms with E-state index >= 15 is 0 Å². The van der Waals surface area contributed by atoms with Gasteiger partial charge < -0.3 is 5.32 Å². The number of rotatable bonds is 5. The summed E-state index contributed by atoms with van der Waals surface area (Å²) in [5.74, 6) is -0.257. The van der Waals surface area contributed by atoms with Gasteiger partial charge in [-0.05, 0) is 31.0 Å². The fourth-order valence-electron chi connectivity index (χ4n) is 1.99. The molecule has 2 aromatic carbocycles. The van der Waals surface area contributed by atoms with E-state index in [-0.39, 0.29) is 11.9 Å². The van der Waals surface area contributed by atoms with Crippen molar-refractivity contribution in [3.8, 4) is 0 Å². The van der Waals surface area contributed by atoms with E-state index in [1.54, 1.807) is 12.1 Å². The molecule has 2 aromatic rings. The van der Waals surface area contributed by atoms with Crippen LogP contribution in [0.3, 0.4) is 0 Å². The van der Waals surface area contributed by atoms with Gasteiger partial charge >= 0.3 is 0 Å². The van der Waals surface area contributed by atoms with Gasteiger partial charge in [-0.1, -0.05) is 48.0 Å². The molecule has 1 atom stereocenters. The first-order valence-electron chi connectivity index (χ1n) is 6.36. The lowest BCUT2D eigenvalue weighted by Crippen LogP contribution is -2.27. The average Bonchev–Trinajstić information content (AvgIpc) is 2.39. The van der Waals surface area contributed by atoms with Crippen molar-refractivity contribution in [1.29, 1.82) is 0 Å². The van der Waals surface area contributed by atoms with Gasteiger partial charge in [-0.2, -0.15) is 0 Å². The quantitative estimate of drug-likeness (QED) is 0.864. The summed E-state index contributed by atoms with van der Waals surface area (Å²) in [6, 6.07) is 15.3. The summed E-state index contributed by atoms with van der Waals surface area (Å²) < 4.78 is 13.6. The molecule has 3 heteroatoms. The molecule has 0 heterocycles. The van der Waals surface area contributed by atoms with E-state index in [4.69, 9.17) is 11.6 Å². The Balaban J connectivity index is 1.88. The molecule has 0 saturated heterocycles. The molecule has 0 aliphatic rings. The van der Waals surface area contributed by atoms with Crippen molar-refractivity contribution in [2.45, 2.75) is 25.9 Å². The van der Waals surface area contributed by atoms with Crippen LogP contribution in [0.2, 0.25) is 5.02 Å². The Bertz CT molecular complexity index is 528. The fraction of sp³-hybridized carbons (Fsp3) is 0.250. The Hall–Kier alpha value is -1.38. The van der Waals surface area contributed by atoms with Crippen LogP contribution in [0, 0.1) is 5.82 Å². The Kier molecular flexibility index (Phi) is 4.94. The highest BCUT2D eigenvalue weighted by Gasteiger charge is 2.06. The Morgan fingerprint density at radius 2 is 1.89 bits per heavy atom. The first-order chi connectivity index (χ1) is 9.15. The van der Waals surface area contributed by atoms with E-state index in [9.17, 15) is 4.39 Å². The topological polar surface area (TPSA) is 12.0 Å². The molecule has 0 bridgehead atoms. The highest BCUT2D eigenvalue weighted by atomic mass is 35.5. The molecule has 0 amide bonds. The molecule has 1 nitrogen and oxygen atoms in total. The van der Waals surface area contributed by atoms with Crippen molar-refractivity contribution in [3.63, 3.8) is 0 Å². The molecule has 0 aliphatic carbocycles. The van der Waals surface area contributed by atoms with Crippen LogP contribution < -0.4 is 5.32 Å². The second-order valence-electron chi connectivity index (χ2n) is 4.71. The van der Waals surface area contributed by atoms with Crippen molar-refractivity contribution in [2.24, 2.45) is 0 Å². The first-order valence-corrected chi connectivity index (χ1v) is 6.74. The maximum Gasteiger partial charge on any atom is 0.129 e. The van der Waals surface area contributed by atoms with Crippen LogP contribution in [0.1, 0.15) is 18.1 Å². The minimum absolute atomic E-state index is 0.257. The number of hydrogen-bond donors (Lipinski definition) is 1. The first kappa shape index (κ1) is 14.0. The van der Waals surface area contributed by atoms with Gasteiger partial charge in [0.25, 0.3) is 0 Å². The van der Waals surface area contributed by atoms with Gasteiger partial charge in [-0.3, -0.25) is 0 Å². The zero-order valence-electron chi connectivity index (χ0n) is 10.9. The molecule has 0 radical (unpaired) electrons. The fourth-order valence-corrected chi connectivity index (χ4v) is 2.15. The second kappa shape index (κ2) is 6.69. The number of nitrogens with one attached hydrogen (secondary N) is 1. The third-order valence-corrected chi connectivity index (χ3v) is 3.28. The summed E-state index contributed by atoms with van der Waals surface area (Å²) in [4.78, 5) is 0. The smallest absolute Gasteiger partial charge is 0.129 e. The van der Waals surface area contributed by atoms with Crippen LogP contribution in [-0.4, -0.2) is 6.04 Å². The van der Waals surface area contributed by atoms with Crippen LogP contribution in [-0.2, 0) is 13.0 Å². The summed E-state index contributed by atoms with van der Waals surface area (Å²) in [5.41, 5.74) is 1.92. The third-order valence-electron chi connectivity index (χ3n) is 3.04. The monoisotopic (exact) mass is 277 g/mol. The highest BCUT2D eigenvalue weighted by molar-refractivity contribution is 6.30. The minimum atomic E-state index is -0.257. The minimum Gasteiger partial charge on any atom is -0.310 e. The molecule has 1 unspecified atom stereocenters. The van der Waals surface area contributed by atoms with Gasteiger partial charge in [-0.25, -0.2) is 4.39 Å². The lowest BCUT2D eigenvalue weighted by Gasteiger charge is -2.14. The maximum absolute atomic E-state index is 13.6. The summed E-state index contributed by atoms with van der Waals surface area (Å²) >= 11 is 5.73. The normalized spacial score (nSPS) is 12.4. The average molecular weight is 278 g/mol. The predicted molar refractivity (Wildman–Crippen MR) is 77.9 cm³/mol. The van der Waals surface area contributed by atoms with E-state index in [0.29, 0.717) is 17.1 Å². The molecule has 2 rings (SSSR count). The van der Waals surface area contributed by atoms with Crippen molar-refractivity contribution < 1.29 is 4.39 Å². The molecule has 0 saturated carbocycles. The molecular formula is C16H17ClFN. The predicted octanol–water partition coefficient (Wildman–Crippen LogP) is 4.20. The van der Waals surface area contributed by atoms with Gasteiger partial charge in [-0.15, -0.1) is 0 Å². The lowest BCUT2D eigenvalue weighted by atomic mass is 10.1. The Morgan fingerprint density at radius 1 is 1.16 bits per heavy atom. The van der Waals surface area contributed by atoms with E-state index in [1.807, 2.05) is 18.2 Å². The number of benzene rings is 2. The van der Waals surface area contributed by atoms with Gasteiger partial charge in [0, 0.05) is 23.2 Å². The van der Waals surface area contributed by atoms with Gasteiger partial charge in [0.2, 0.25) is 0 Å². The van der Waals surface area contributed by atoms with E-state index in [2.05, 4.69) is 24.4 Å². The molecule has 0 spiro atoms. The van der Waals surface area contributed by atoms with Crippen molar-refractivity contribution >= 4 is 11.6 Å². The van der Waals surface area contributed by atoms with Gasteiger partial charge in [0.15, 0.2) is 0 Å². The molecule has 0 aliphatic heterocycles. The maximum atomic E-state index is 13.6. The third kappa shape index (κ3) is 4.34. The SMILES string of the molecule is CC(Cc1ccccc1)NCc1ccc(Cl)cc1F. The number of halogens is 2. The molecule has 19 heavy (non-hydrogen) atoms. The lowest BCUT2D eigenvalue weighted by molar-refractivity contribution is 0.525. The molecule has 0 aromatic heterocycles. The highest BCUT2D eigenvalue weighted by Crippen LogP contribution is 2.14. The van der Waals surface area contributed by atoms with Crippen LogP contribution in [0.25, 0.3) is 0 Å².